The standard InChI is InChI=1S/C18H22O7/c1-11(20)22-13(9-19)14-15(21-10-12-7-5-4-6-8-12)16-17(23-14)25-18(2,3)24-16/h4-9,13-17H,10H2,1-3H3/t13-,14-,15+,16-,17-/m1/s1. The molecule has 0 radical (unpaired) electrons. The van der Waals surface area contributed by atoms with Crippen LogP contribution >= 0.6 is 0 Å². The van der Waals surface area contributed by atoms with E-state index >= 15 is 0 Å². The highest BCUT2D eigenvalue weighted by Crippen LogP contribution is 2.40. The van der Waals surface area contributed by atoms with Crippen LogP contribution < -0.4 is 0 Å². The van der Waals surface area contributed by atoms with Crippen molar-refractivity contribution in [3.63, 3.8) is 0 Å². The molecule has 3 rings (SSSR count). The summed E-state index contributed by atoms with van der Waals surface area (Å²) in [6.45, 7) is 5.11. The lowest BCUT2D eigenvalue weighted by atomic mass is 10.1. The summed E-state index contributed by atoms with van der Waals surface area (Å²) in [5.41, 5.74) is 0.970. The second kappa shape index (κ2) is 7.21. The number of carbonyl (C=O) groups excluding carboxylic acids is 2. The molecule has 136 valence electrons. The zero-order valence-corrected chi connectivity index (χ0v) is 14.4. The first-order valence-corrected chi connectivity index (χ1v) is 8.19. The molecule has 0 spiro atoms. The molecule has 7 heteroatoms. The molecule has 2 aliphatic heterocycles. The second-order valence-corrected chi connectivity index (χ2v) is 6.54. The number of rotatable bonds is 6. The molecule has 2 saturated heterocycles. The Morgan fingerprint density at radius 3 is 2.64 bits per heavy atom. The maximum atomic E-state index is 11.4. The van der Waals surface area contributed by atoms with E-state index in [0.717, 1.165) is 5.56 Å². The molecule has 0 aromatic heterocycles. The molecule has 0 aliphatic carbocycles. The Bertz CT molecular complexity index is 615. The van der Waals surface area contributed by atoms with Gasteiger partial charge in [-0.05, 0) is 19.4 Å². The van der Waals surface area contributed by atoms with Crippen LogP contribution in [0.2, 0.25) is 0 Å². The fourth-order valence-electron chi connectivity index (χ4n) is 3.09. The molecule has 0 N–H and O–H groups in total. The van der Waals surface area contributed by atoms with Gasteiger partial charge in [-0.2, -0.15) is 0 Å². The summed E-state index contributed by atoms with van der Waals surface area (Å²) >= 11 is 0. The molecule has 1 aromatic rings. The molecule has 0 saturated carbocycles. The average molecular weight is 350 g/mol. The van der Waals surface area contributed by atoms with Crippen molar-refractivity contribution in [3.8, 4) is 0 Å². The van der Waals surface area contributed by atoms with Gasteiger partial charge in [0, 0.05) is 6.92 Å². The monoisotopic (exact) mass is 350 g/mol. The van der Waals surface area contributed by atoms with Gasteiger partial charge in [-0.1, -0.05) is 30.3 Å². The van der Waals surface area contributed by atoms with Crippen LogP contribution in [0.4, 0.5) is 0 Å². The third kappa shape index (κ3) is 4.07. The highest BCUT2D eigenvalue weighted by atomic mass is 16.8. The van der Waals surface area contributed by atoms with Gasteiger partial charge < -0.3 is 23.7 Å². The van der Waals surface area contributed by atoms with Crippen LogP contribution in [-0.4, -0.2) is 48.7 Å². The van der Waals surface area contributed by atoms with E-state index in [0.29, 0.717) is 12.9 Å². The van der Waals surface area contributed by atoms with Gasteiger partial charge in [0.1, 0.15) is 18.3 Å². The molecule has 2 heterocycles. The van der Waals surface area contributed by atoms with E-state index in [2.05, 4.69) is 0 Å². The predicted molar refractivity (Wildman–Crippen MR) is 85.3 cm³/mol. The van der Waals surface area contributed by atoms with Crippen LogP contribution in [0.3, 0.4) is 0 Å². The normalized spacial score (nSPS) is 31.3. The molecule has 2 fully saturated rings. The Kier molecular flexibility index (Phi) is 5.19. The number of aldehydes is 1. The smallest absolute Gasteiger partial charge is 0.303 e. The van der Waals surface area contributed by atoms with E-state index in [1.165, 1.54) is 6.92 Å². The first-order valence-electron chi connectivity index (χ1n) is 8.19. The molecular weight excluding hydrogens is 328 g/mol. The summed E-state index contributed by atoms with van der Waals surface area (Å²) in [5, 5.41) is 0. The van der Waals surface area contributed by atoms with Crippen molar-refractivity contribution in [2.75, 3.05) is 0 Å². The summed E-state index contributed by atoms with van der Waals surface area (Å²) in [5.74, 6) is -1.38. The minimum absolute atomic E-state index is 0.310. The van der Waals surface area contributed by atoms with Crippen LogP contribution in [0.5, 0.6) is 0 Å². The summed E-state index contributed by atoms with van der Waals surface area (Å²) in [6.07, 6.45) is -3.14. The maximum absolute atomic E-state index is 11.4. The van der Waals surface area contributed by atoms with Crippen molar-refractivity contribution in [3.05, 3.63) is 35.9 Å². The molecule has 5 atom stereocenters. The van der Waals surface area contributed by atoms with Crippen LogP contribution in [0.25, 0.3) is 0 Å². The van der Waals surface area contributed by atoms with E-state index in [4.69, 9.17) is 23.7 Å². The topological polar surface area (TPSA) is 80.3 Å². The van der Waals surface area contributed by atoms with Crippen LogP contribution in [0, 0.1) is 0 Å². The minimum Gasteiger partial charge on any atom is -0.452 e. The molecule has 0 amide bonds. The Morgan fingerprint density at radius 2 is 2.00 bits per heavy atom. The molecule has 0 unspecified atom stereocenters. The van der Waals surface area contributed by atoms with E-state index in [9.17, 15) is 9.59 Å². The van der Waals surface area contributed by atoms with E-state index in [1.807, 2.05) is 30.3 Å². The number of carbonyl (C=O) groups is 2. The lowest BCUT2D eigenvalue weighted by Gasteiger charge is -2.28. The number of benzene rings is 1. The lowest BCUT2D eigenvalue weighted by molar-refractivity contribution is -0.230. The summed E-state index contributed by atoms with van der Waals surface area (Å²) < 4.78 is 28.4. The predicted octanol–water partition coefficient (Wildman–Crippen LogP) is 1.58. The minimum atomic E-state index is -1.08. The van der Waals surface area contributed by atoms with Crippen molar-refractivity contribution >= 4 is 12.3 Å². The van der Waals surface area contributed by atoms with Crippen molar-refractivity contribution in [1.82, 2.24) is 0 Å². The molecule has 2 aliphatic rings. The largest absolute Gasteiger partial charge is 0.452 e. The molecule has 1 aromatic carbocycles. The van der Waals surface area contributed by atoms with Gasteiger partial charge in [0.25, 0.3) is 0 Å². The Morgan fingerprint density at radius 1 is 1.28 bits per heavy atom. The zero-order chi connectivity index (χ0) is 18.0. The average Bonchev–Trinajstić information content (AvgIpc) is 3.03. The second-order valence-electron chi connectivity index (χ2n) is 6.54. The van der Waals surface area contributed by atoms with Gasteiger partial charge in [-0.3, -0.25) is 9.59 Å². The van der Waals surface area contributed by atoms with Gasteiger partial charge in [0.15, 0.2) is 24.5 Å². The van der Waals surface area contributed by atoms with Gasteiger partial charge in [0.2, 0.25) is 0 Å². The number of hydrogen-bond donors (Lipinski definition) is 0. The van der Waals surface area contributed by atoms with E-state index in [-0.39, 0.29) is 0 Å². The van der Waals surface area contributed by atoms with Crippen LogP contribution in [0.15, 0.2) is 30.3 Å². The van der Waals surface area contributed by atoms with E-state index in [1.54, 1.807) is 13.8 Å². The van der Waals surface area contributed by atoms with Crippen LogP contribution in [-0.2, 0) is 39.9 Å². The summed E-state index contributed by atoms with van der Waals surface area (Å²) in [6, 6.07) is 9.61. The summed E-state index contributed by atoms with van der Waals surface area (Å²) in [4.78, 5) is 22.7. The maximum Gasteiger partial charge on any atom is 0.303 e. The van der Waals surface area contributed by atoms with Crippen molar-refractivity contribution in [2.24, 2.45) is 0 Å². The number of hydrogen-bond acceptors (Lipinski definition) is 7. The lowest BCUT2D eigenvalue weighted by Crippen LogP contribution is -2.44. The molecule has 25 heavy (non-hydrogen) atoms. The first kappa shape index (κ1) is 18.0. The van der Waals surface area contributed by atoms with Gasteiger partial charge >= 0.3 is 5.97 Å². The zero-order valence-electron chi connectivity index (χ0n) is 14.4. The third-order valence-electron chi connectivity index (χ3n) is 4.07. The first-order chi connectivity index (χ1) is 11.9. The van der Waals surface area contributed by atoms with Crippen molar-refractivity contribution in [1.29, 1.82) is 0 Å². The van der Waals surface area contributed by atoms with Gasteiger partial charge in [0.05, 0.1) is 6.61 Å². The highest BCUT2D eigenvalue weighted by molar-refractivity contribution is 5.70. The SMILES string of the molecule is CC(=O)O[C@H](C=O)[C@H]1O[C@@H]2OC(C)(C)O[C@@H]2[C@H]1OCc1ccccc1. The van der Waals surface area contributed by atoms with Crippen molar-refractivity contribution < 1.29 is 33.3 Å². The van der Waals surface area contributed by atoms with Crippen molar-refractivity contribution in [2.45, 2.75) is 63.9 Å². The molecule has 7 nitrogen and oxygen atoms in total. The Hall–Kier alpha value is -1.80. The van der Waals surface area contributed by atoms with E-state index < -0.39 is 42.5 Å². The fourth-order valence-corrected chi connectivity index (χ4v) is 3.09. The van der Waals surface area contributed by atoms with Gasteiger partial charge in [-0.25, -0.2) is 0 Å². The Labute approximate surface area is 146 Å². The molecular formula is C18H22O7. The number of esters is 1. The quantitative estimate of drug-likeness (QED) is 0.569. The van der Waals surface area contributed by atoms with Gasteiger partial charge in [-0.15, -0.1) is 0 Å². The summed E-state index contributed by atoms with van der Waals surface area (Å²) in [7, 11) is 0. The Balaban J connectivity index is 1.76. The number of fused-ring (bicyclic) bond motifs is 1. The fraction of sp³-hybridized carbons (Fsp3) is 0.556. The number of ether oxygens (including phenoxy) is 5. The van der Waals surface area contributed by atoms with Crippen LogP contribution in [0.1, 0.15) is 26.3 Å². The molecule has 0 bridgehead atoms. The highest BCUT2D eigenvalue weighted by Gasteiger charge is 2.57. The third-order valence-corrected chi connectivity index (χ3v) is 4.07.